The maximum Gasteiger partial charge on any atom is 0.337 e. The lowest BCUT2D eigenvalue weighted by Gasteiger charge is -2.26. The van der Waals surface area contributed by atoms with Crippen LogP contribution in [0.5, 0.6) is 5.75 Å². The number of hydrogen-bond acceptors (Lipinski definition) is 14. The Bertz CT molecular complexity index is 2700. The number of benzene rings is 1. The molecule has 0 unspecified atom stereocenters. The predicted molar refractivity (Wildman–Crippen MR) is 218 cm³/mol. The number of carbonyl (C=O) groups is 4. The number of primary amides is 1. The highest BCUT2D eigenvalue weighted by molar-refractivity contribution is 7.16. The van der Waals surface area contributed by atoms with E-state index in [1.165, 1.54) is 12.3 Å². The van der Waals surface area contributed by atoms with Gasteiger partial charge in [0.2, 0.25) is 23.4 Å². The van der Waals surface area contributed by atoms with Crippen molar-refractivity contribution in [3.63, 3.8) is 0 Å². The number of imidazole rings is 1. The quantitative estimate of drug-likeness (QED) is 0.0908. The van der Waals surface area contributed by atoms with E-state index in [0.717, 1.165) is 31.0 Å². The van der Waals surface area contributed by atoms with Gasteiger partial charge in [0, 0.05) is 58.3 Å². The summed E-state index contributed by atoms with van der Waals surface area (Å²) in [6.07, 6.45) is 6.49. The first kappa shape index (κ1) is 41.6. The zero-order valence-electron chi connectivity index (χ0n) is 33.5. The minimum absolute atomic E-state index is 0.0184. The van der Waals surface area contributed by atoms with E-state index in [2.05, 4.69) is 30.2 Å². The van der Waals surface area contributed by atoms with Gasteiger partial charge >= 0.3 is 11.9 Å². The summed E-state index contributed by atoms with van der Waals surface area (Å²) in [6.45, 7) is 11.5. The number of carbonyl (C=O) groups excluding carboxylic acids is 3. The Morgan fingerprint density at radius 2 is 1.63 bits per heavy atom. The second kappa shape index (κ2) is 18.2. The molecule has 0 radical (unpaired) electrons. The fourth-order valence-corrected chi connectivity index (χ4v) is 7.83. The van der Waals surface area contributed by atoms with E-state index in [4.69, 9.17) is 29.0 Å². The Labute approximate surface area is 346 Å². The van der Waals surface area contributed by atoms with Crippen molar-refractivity contribution in [2.24, 2.45) is 10.7 Å². The summed E-state index contributed by atoms with van der Waals surface area (Å²) in [6, 6.07) is 4.58. The number of rotatable bonds is 16. The van der Waals surface area contributed by atoms with Crippen molar-refractivity contribution in [2.45, 2.75) is 60.0 Å². The highest BCUT2D eigenvalue weighted by atomic mass is 32.1. The average Bonchev–Trinajstić information content (AvgIpc) is 4.00. The number of aromatic nitrogens is 6. The van der Waals surface area contributed by atoms with E-state index >= 15 is 0 Å². The van der Waals surface area contributed by atoms with Crippen LogP contribution in [-0.4, -0.2) is 102 Å². The number of carboxylic acid groups (broad SMARTS) is 1. The van der Waals surface area contributed by atoms with Crippen LogP contribution >= 0.6 is 11.3 Å². The summed E-state index contributed by atoms with van der Waals surface area (Å²) in [7, 11) is 0. The number of fused-ring (bicyclic) bond motifs is 2. The van der Waals surface area contributed by atoms with Crippen molar-refractivity contribution >= 4 is 62.4 Å². The summed E-state index contributed by atoms with van der Waals surface area (Å²) in [5.41, 5.74) is 8.13. The SMILES string of the molecule is CCc1nc(C)oc1C(=O)/N=c1/sc2cc(C(=O)O)cnc2n1C/C=C/Cn1c(NC(=O)c2oc(C)nc2CC)nc2cc(C(N)=O)cc(OCCCN3CCOCC3)c21. The van der Waals surface area contributed by atoms with Gasteiger partial charge < -0.3 is 33.7 Å². The number of hydrogen-bond donors (Lipinski definition) is 3. The first-order valence-corrected chi connectivity index (χ1v) is 20.2. The molecule has 1 aromatic carbocycles. The molecule has 0 spiro atoms. The fourth-order valence-electron chi connectivity index (χ4n) is 6.79. The number of nitrogens with two attached hydrogens (primary N) is 1. The Morgan fingerprint density at radius 1 is 0.950 bits per heavy atom. The van der Waals surface area contributed by atoms with Gasteiger partial charge in [-0.25, -0.2) is 24.7 Å². The van der Waals surface area contributed by atoms with E-state index in [1.54, 1.807) is 35.1 Å². The molecule has 7 rings (SSSR count). The molecule has 3 amide bonds. The predicted octanol–water partition coefficient (Wildman–Crippen LogP) is 4.31. The molecule has 6 heterocycles. The number of nitrogens with zero attached hydrogens (tertiary/aromatic N) is 8. The van der Waals surface area contributed by atoms with E-state index in [-0.39, 0.29) is 46.5 Å². The molecule has 60 heavy (non-hydrogen) atoms. The third-order valence-corrected chi connectivity index (χ3v) is 10.7. The van der Waals surface area contributed by atoms with E-state index < -0.39 is 23.7 Å². The summed E-state index contributed by atoms with van der Waals surface area (Å²) in [5, 5.41) is 12.5. The molecule has 1 fully saturated rings. The summed E-state index contributed by atoms with van der Waals surface area (Å²) < 4.78 is 27.0. The molecular formula is C40H44N10O9S. The maximum atomic E-state index is 13.7. The zero-order chi connectivity index (χ0) is 42.5. The van der Waals surface area contributed by atoms with E-state index in [9.17, 15) is 24.3 Å². The van der Waals surface area contributed by atoms with Crippen molar-refractivity contribution in [3.8, 4) is 5.75 Å². The number of morpholine rings is 1. The lowest BCUT2D eigenvalue weighted by atomic mass is 10.1. The Balaban J connectivity index is 1.24. The highest BCUT2D eigenvalue weighted by Crippen LogP contribution is 2.32. The molecule has 0 bridgehead atoms. The standard InChI is InChI=1S/C40H44N10O9S/c1-5-26-32(58-22(3)43-26)36(52)46-39-45-28-18-24(34(41)51)19-29(57-15-9-10-48-13-16-56-17-14-48)31(28)49(39)11-7-8-12-50-35-30(20-25(21-42-35)38(54)55)60-40(50)47-37(53)33-27(6-2)44-23(4)59-33/h7-8,18-21H,5-6,9-17H2,1-4H3,(H2,41,51)(H,54,55)(H,45,46,52)/b8-7+,47-40+. The van der Waals surface area contributed by atoms with Gasteiger partial charge in [0.25, 0.3) is 5.91 Å². The van der Waals surface area contributed by atoms with E-state index in [0.29, 0.717) is 89.4 Å². The van der Waals surface area contributed by atoms with Gasteiger partial charge in [0.05, 0.1) is 47.0 Å². The number of thiazole rings is 1. The molecule has 0 saturated carbocycles. The summed E-state index contributed by atoms with van der Waals surface area (Å²) in [4.78, 5) is 76.0. The lowest BCUT2D eigenvalue weighted by Crippen LogP contribution is -2.37. The van der Waals surface area contributed by atoms with Crippen molar-refractivity contribution in [3.05, 3.63) is 87.2 Å². The van der Waals surface area contributed by atoms with Crippen molar-refractivity contribution in [2.75, 3.05) is 44.8 Å². The lowest BCUT2D eigenvalue weighted by molar-refractivity contribution is 0.0358. The van der Waals surface area contributed by atoms with Crippen LogP contribution in [0.1, 0.15) is 85.3 Å². The minimum atomic E-state index is -1.15. The third kappa shape index (κ3) is 9.04. The summed E-state index contributed by atoms with van der Waals surface area (Å²) >= 11 is 1.11. The number of amides is 3. The average molecular weight is 841 g/mol. The molecule has 314 valence electrons. The van der Waals surface area contributed by atoms with Crippen LogP contribution in [0.25, 0.3) is 21.4 Å². The second-order valence-corrected chi connectivity index (χ2v) is 14.8. The number of aromatic carboxylic acids is 1. The monoisotopic (exact) mass is 840 g/mol. The molecule has 5 aromatic heterocycles. The van der Waals surface area contributed by atoms with Crippen molar-refractivity contribution in [1.29, 1.82) is 0 Å². The fraction of sp³-hybridized carbons (Fsp3) is 0.375. The van der Waals surface area contributed by atoms with E-state index in [1.807, 2.05) is 26.0 Å². The molecular weight excluding hydrogens is 797 g/mol. The Hall–Kier alpha value is -6.51. The zero-order valence-corrected chi connectivity index (χ0v) is 34.3. The van der Waals surface area contributed by atoms with Crippen LogP contribution in [0.4, 0.5) is 5.95 Å². The van der Waals surface area contributed by atoms with Gasteiger partial charge in [-0.05, 0) is 37.5 Å². The number of oxazole rings is 2. The number of ether oxygens (including phenoxy) is 2. The van der Waals surface area contributed by atoms with Gasteiger partial charge in [-0.15, -0.1) is 0 Å². The Morgan fingerprint density at radius 3 is 2.32 bits per heavy atom. The molecule has 4 N–H and O–H groups in total. The van der Waals surface area contributed by atoms with Crippen LogP contribution in [0.3, 0.4) is 0 Å². The second-order valence-electron chi connectivity index (χ2n) is 13.8. The highest BCUT2D eigenvalue weighted by Gasteiger charge is 2.24. The number of anilines is 1. The van der Waals surface area contributed by atoms with Crippen molar-refractivity contribution < 1.29 is 42.6 Å². The molecule has 1 aliphatic rings. The van der Waals surface area contributed by atoms with Crippen LogP contribution in [-0.2, 0) is 30.7 Å². The van der Waals surface area contributed by atoms with Crippen molar-refractivity contribution in [1.82, 2.24) is 34.0 Å². The minimum Gasteiger partial charge on any atom is -0.491 e. The van der Waals surface area contributed by atoms with Gasteiger partial charge in [-0.2, -0.15) is 4.99 Å². The topological polar surface area (TPSA) is 248 Å². The van der Waals surface area contributed by atoms with Crippen LogP contribution in [0, 0.1) is 13.8 Å². The molecule has 1 saturated heterocycles. The Kier molecular flexibility index (Phi) is 12.6. The molecule has 20 heteroatoms. The van der Waals surface area contributed by atoms with Gasteiger partial charge in [-0.1, -0.05) is 37.3 Å². The first-order chi connectivity index (χ1) is 28.9. The van der Waals surface area contributed by atoms with Crippen LogP contribution in [0.15, 0.2) is 50.4 Å². The third-order valence-electron chi connectivity index (χ3n) is 9.68. The van der Waals surface area contributed by atoms with Crippen LogP contribution < -0.4 is 20.6 Å². The van der Waals surface area contributed by atoms with Gasteiger partial charge in [0.15, 0.2) is 22.2 Å². The normalized spacial score (nSPS) is 13.8. The van der Waals surface area contributed by atoms with Gasteiger partial charge in [0.1, 0.15) is 11.3 Å². The summed E-state index contributed by atoms with van der Waals surface area (Å²) in [5.74, 6) is -1.77. The number of nitrogens with one attached hydrogen (secondary N) is 1. The molecule has 0 atom stereocenters. The smallest absolute Gasteiger partial charge is 0.337 e. The first-order valence-electron chi connectivity index (χ1n) is 19.4. The van der Waals surface area contributed by atoms with Crippen LogP contribution in [0.2, 0.25) is 0 Å². The molecule has 0 aliphatic carbocycles. The van der Waals surface area contributed by atoms with Gasteiger partial charge in [-0.3, -0.25) is 29.2 Å². The number of pyridine rings is 1. The molecule has 1 aliphatic heterocycles. The molecule has 6 aromatic rings. The maximum absolute atomic E-state index is 13.7. The molecule has 19 nitrogen and oxygen atoms in total. The number of aryl methyl sites for hydroxylation is 4. The largest absolute Gasteiger partial charge is 0.491 e. The number of allylic oxidation sites excluding steroid dienone is 2. The number of carboxylic acids is 1.